The number of carbonyl (C=O) groups excluding carboxylic acids is 2. The summed E-state index contributed by atoms with van der Waals surface area (Å²) in [4.78, 5) is 35.7. The second-order valence-corrected chi connectivity index (χ2v) is 8.94. The number of hydrogen-bond donors (Lipinski definition) is 2. The molecular formula is C20H20N4O2S2. The van der Waals surface area contributed by atoms with E-state index >= 15 is 0 Å². The third-order valence-electron chi connectivity index (χ3n) is 4.63. The normalized spacial score (nSPS) is 13.5. The van der Waals surface area contributed by atoms with Crippen molar-refractivity contribution >= 4 is 50.8 Å². The first-order valence-electron chi connectivity index (χ1n) is 9.06. The fraction of sp³-hybridized carbons (Fsp3) is 0.300. The number of thioether (sulfide) groups is 1. The summed E-state index contributed by atoms with van der Waals surface area (Å²) in [6, 6.07) is 7.35. The molecule has 0 unspecified atom stereocenters. The summed E-state index contributed by atoms with van der Waals surface area (Å²) in [5.74, 6) is -0.111. The van der Waals surface area contributed by atoms with Gasteiger partial charge in [-0.3, -0.25) is 9.59 Å². The van der Waals surface area contributed by atoms with Gasteiger partial charge < -0.3 is 10.6 Å². The number of anilines is 1. The maximum absolute atomic E-state index is 12.5. The largest absolute Gasteiger partial charge is 0.349 e. The van der Waals surface area contributed by atoms with E-state index in [1.165, 1.54) is 23.0 Å². The highest BCUT2D eigenvalue weighted by Crippen LogP contribution is 2.34. The van der Waals surface area contributed by atoms with Gasteiger partial charge in [-0.1, -0.05) is 23.9 Å². The third kappa shape index (κ3) is 4.02. The van der Waals surface area contributed by atoms with Crippen LogP contribution in [0.2, 0.25) is 0 Å². The molecule has 2 amide bonds. The van der Waals surface area contributed by atoms with Gasteiger partial charge >= 0.3 is 0 Å². The van der Waals surface area contributed by atoms with Crippen LogP contribution < -0.4 is 10.6 Å². The number of fused-ring (bicyclic) bond motifs is 1. The lowest BCUT2D eigenvalue weighted by Gasteiger charge is -2.11. The summed E-state index contributed by atoms with van der Waals surface area (Å²) in [5.41, 5.74) is 2.17. The van der Waals surface area contributed by atoms with Crippen molar-refractivity contribution in [3.8, 4) is 0 Å². The number of para-hydroxylation sites is 1. The van der Waals surface area contributed by atoms with Crippen LogP contribution in [0.4, 0.5) is 5.69 Å². The van der Waals surface area contributed by atoms with Crippen molar-refractivity contribution < 1.29 is 9.59 Å². The number of aryl methyl sites for hydroxylation is 2. The quantitative estimate of drug-likeness (QED) is 0.473. The van der Waals surface area contributed by atoms with Crippen LogP contribution in [-0.2, 0) is 4.79 Å². The van der Waals surface area contributed by atoms with Crippen molar-refractivity contribution in [2.24, 2.45) is 0 Å². The van der Waals surface area contributed by atoms with Gasteiger partial charge in [-0.15, -0.1) is 11.3 Å². The van der Waals surface area contributed by atoms with E-state index in [0.717, 1.165) is 33.6 Å². The molecule has 2 aromatic heterocycles. The number of carbonyl (C=O) groups is 2. The molecular weight excluding hydrogens is 392 g/mol. The van der Waals surface area contributed by atoms with Crippen molar-refractivity contribution in [3.05, 3.63) is 46.6 Å². The van der Waals surface area contributed by atoms with E-state index in [9.17, 15) is 9.59 Å². The summed E-state index contributed by atoms with van der Waals surface area (Å²) >= 11 is 3.02. The molecule has 0 bridgehead atoms. The number of thiophene rings is 1. The van der Waals surface area contributed by atoms with Crippen LogP contribution in [-0.4, -0.2) is 33.6 Å². The zero-order valence-electron chi connectivity index (χ0n) is 15.6. The van der Waals surface area contributed by atoms with E-state index in [4.69, 9.17) is 0 Å². The molecule has 0 aliphatic heterocycles. The Balaban J connectivity index is 1.45. The van der Waals surface area contributed by atoms with Crippen LogP contribution in [0.25, 0.3) is 10.2 Å². The Morgan fingerprint density at radius 1 is 1.21 bits per heavy atom. The molecule has 144 valence electrons. The Bertz CT molecular complexity index is 1060. The molecule has 1 aliphatic carbocycles. The van der Waals surface area contributed by atoms with Crippen molar-refractivity contribution in [2.75, 3.05) is 11.1 Å². The lowest BCUT2D eigenvalue weighted by Crippen LogP contribution is -2.27. The second-order valence-electron chi connectivity index (χ2n) is 6.77. The predicted octanol–water partition coefficient (Wildman–Crippen LogP) is 3.93. The minimum absolute atomic E-state index is 0.145. The smallest absolute Gasteiger partial charge is 0.253 e. The highest BCUT2D eigenvalue weighted by atomic mass is 32.2. The number of rotatable bonds is 6. The average molecular weight is 413 g/mol. The van der Waals surface area contributed by atoms with Crippen LogP contribution in [0.3, 0.4) is 0 Å². The van der Waals surface area contributed by atoms with E-state index in [-0.39, 0.29) is 23.6 Å². The average Bonchev–Trinajstić information content (AvgIpc) is 3.45. The van der Waals surface area contributed by atoms with Gasteiger partial charge in [0.25, 0.3) is 5.91 Å². The number of benzene rings is 1. The van der Waals surface area contributed by atoms with Crippen LogP contribution in [0.15, 0.2) is 35.6 Å². The molecule has 0 saturated heterocycles. The van der Waals surface area contributed by atoms with Crippen LogP contribution in [0, 0.1) is 13.8 Å². The molecule has 6 nitrogen and oxygen atoms in total. The first-order valence-corrected chi connectivity index (χ1v) is 10.9. The molecule has 0 spiro atoms. The maximum atomic E-state index is 12.5. The number of nitrogens with one attached hydrogen (secondary N) is 2. The highest BCUT2D eigenvalue weighted by molar-refractivity contribution is 8.00. The highest BCUT2D eigenvalue weighted by Gasteiger charge is 2.25. The van der Waals surface area contributed by atoms with Gasteiger partial charge in [0.2, 0.25) is 5.91 Å². The second kappa shape index (κ2) is 7.89. The molecule has 8 heteroatoms. The monoisotopic (exact) mass is 412 g/mol. The van der Waals surface area contributed by atoms with Gasteiger partial charge in [-0.2, -0.15) is 0 Å². The van der Waals surface area contributed by atoms with Gasteiger partial charge in [0.1, 0.15) is 16.2 Å². The Morgan fingerprint density at radius 2 is 2.00 bits per heavy atom. The molecule has 0 atom stereocenters. The molecule has 1 aromatic carbocycles. The van der Waals surface area contributed by atoms with Crippen molar-refractivity contribution in [2.45, 2.75) is 37.8 Å². The topological polar surface area (TPSA) is 84.0 Å². The van der Waals surface area contributed by atoms with E-state index in [1.807, 2.05) is 6.07 Å². The van der Waals surface area contributed by atoms with E-state index in [1.54, 1.807) is 29.5 Å². The summed E-state index contributed by atoms with van der Waals surface area (Å²) in [6.07, 6.45) is 3.58. The van der Waals surface area contributed by atoms with Crippen molar-refractivity contribution in [1.82, 2.24) is 15.3 Å². The first kappa shape index (κ1) is 18.9. The molecule has 1 saturated carbocycles. The van der Waals surface area contributed by atoms with Crippen LogP contribution in [0.5, 0.6) is 0 Å². The van der Waals surface area contributed by atoms with Gasteiger partial charge in [0.05, 0.1) is 17.0 Å². The van der Waals surface area contributed by atoms with Gasteiger partial charge in [-0.25, -0.2) is 9.97 Å². The summed E-state index contributed by atoms with van der Waals surface area (Å²) in [5, 5.41) is 7.65. The zero-order chi connectivity index (χ0) is 19.7. The zero-order valence-corrected chi connectivity index (χ0v) is 17.2. The number of aromatic nitrogens is 2. The van der Waals surface area contributed by atoms with E-state index < -0.39 is 0 Å². The summed E-state index contributed by atoms with van der Waals surface area (Å²) in [7, 11) is 0. The van der Waals surface area contributed by atoms with E-state index in [2.05, 4.69) is 34.4 Å². The van der Waals surface area contributed by atoms with Crippen molar-refractivity contribution in [3.63, 3.8) is 0 Å². The molecule has 28 heavy (non-hydrogen) atoms. The fourth-order valence-corrected chi connectivity index (χ4v) is 4.78. The molecule has 1 aliphatic rings. The van der Waals surface area contributed by atoms with Gasteiger partial charge in [-0.05, 0) is 44.4 Å². The molecule has 4 rings (SSSR count). The molecule has 2 heterocycles. The summed E-state index contributed by atoms with van der Waals surface area (Å²) < 4.78 is 0. The predicted molar refractivity (Wildman–Crippen MR) is 113 cm³/mol. The number of hydrogen-bond acceptors (Lipinski definition) is 6. The SMILES string of the molecule is Cc1sc2ncnc(SCC(=O)Nc3ccccc3C(=O)NC3CC3)c2c1C. The Hall–Kier alpha value is -2.45. The minimum atomic E-state index is -0.173. The lowest BCUT2D eigenvalue weighted by molar-refractivity contribution is -0.113. The molecule has 3 aromatic rings. The van der Waals surface area contributed by atoms with E-state index in [0.29, 0.717) is 11.3 Å². The third-order valence-corrected chi connectivity index (χ3v) is 6.73. The molecule has 0 radical (unpaired) electrons. The van der Waals surface area contributed by atoms with Crippen LogP contribution >= 0.6 is 23.1 Å². The van der Waals surface area contributed by atoms with Crippen LogP contribution in [0.1, 0.15) is 33.6 Å². The first-order chi connectivity index (χ1) is 13.5. The Kier molecular flexibility index (Phi) is 5.32. The Labute approximate surface area is 171 Å². The fourth-order valence-electron chi connectivity index (χ4n) is 2.86. The number of nitrogens with zero attached hydrogens (tertiary/aromatic N) is 2. The van der Waals surface area contributed by atoms with Gasteiger partial charge in [0, 0.05) is 16.3 Å². The van der Waals surface area contributed by atoms with Gasteiger partial charge in [0.15, 0.2) is 0 Å². The maximum Gasteiger partial charge on any atom is 0.253 e. The standard InChI is InChI=1S/C20H20N4O2S2/c1-11-12(2)28-20-17(11)19(21-10-22-20)27-9-16(25)24-15-6-4-3-5-14(15)18(26)23-13-7-8-13/h3-6,10,13H,7-9H2,1-2H3,(H,23,26)(H,24,25). The lowest BCUT2D eigenvalue weighted by atomic mass is 10.1. The Morgan fingerprint density at radius 3 is 2.79 bits per heavy atom. The minimum Gasteiger partial charge on any atom is -0.349 e. The molecule has 1 fully saturated rings. The van der Waals surface area contributed by atoms with Crippen molar-refractivity contribution in [1.29, 1.82) is 0 Å². The number of amides is 2. The summed E-state index contributed by atoms with van der Waals surface area (Å²) in [6.45, 7) is 4.11. The molecule has 2 N–H and O–H groups in total.